The average Bonchev–Trinajstić information content (AvgIpc) is 3.41. The minimum absolute atomic E-state index is 0.0686. The number of benzene rings is 1. The highest BCUT2D eigenvalue weighted by Gasteiger charge is 2.26. The topological polar surface area (TPSA) is 71.4 Å². The van der Waals surface area contributed by atoms with E-state index in [0.717, 1.165) is 35.0 Å². The van der Waals surface area contributed by atoms with Crippen molar-refractivity contribution in [1.82, 2.24) is 14.2 Å². The first-order valence-corrected chi connectivity index (χ1v) is 12.2. The molecule has 1 aliphatic heterocycles. The van der Waals surface area contributed by atoms with Crippen molar-refractivity contribution in [3.8, 4) is 0 Å². The highest BCUT2D eigenvalue weighted by Crippen LogP contribution is 2.26. The summed E-state index contributed by atoms with van der Waals surface area (Å²) in [6.07, 6.45) is 4.75. The van der Waals surface area contributed by atoms with Crippen molar-refractivity contribution in [3.63, 3.8) is 0 Å². The van der Waals surface area contributed by atoms with E-state index in [1.807, 2.05) is 41.3 Å². The van der Waals surface area contributed by atoms with Gasteiger partial charge in [-0.15, -0.1) is 11.3 Å². The Morgan fingerprint density at radius 1 is 1.17 bits per heavy atom. The number of thiophene rings is 1. The maximum Gasteiger partial charge on any atom is 0.243 e. The van der Waals surface area contributed by atoms with Crippen molar-refractivity contribution >= 4 is 38.2 Å². The Kier molecular flexibility index (Phi) is 5.76. The minimum atomic E-state index is -3.47. The summed E-state index contributed by atoms with van der Waals surface area (Å²) in [7, 11) is -3.47. The number of nitrogens with zero attached hydrogens (tertiary/aromatic N) is 2. The summed E-state index contributed by atoms with van der Waals surface area (Å²) >= 11 is 1.61. The molecule has 1 amide bonds. The monoisotopic (exact) mass is 431 g/mol. The third kappa shape index (κ3) is 4.10. The van der Waals surface area contributed by atoms with Gasteiger partial charge in [-0.1, -0.05) is 12.5 Å². The number of hydrogen-bond donors (Lipinski definition) is 1. The van der Waals surface area contributed by atoms with Crippen LogP contribution in [0.3, 0.4) is 0 Å². The van der Waals surface area contributed by atoms with Gasteiger partial charge in [-0.25, -0.2) is 8.42 Å². The van der Waals surface area contributed by atoms with E-state index in [4.69, 9.17) is 0 Å². The minimum Gasteiger partial charge on any atom is -0.349 e. The molecule has 0 bridgehead atoms. The molecule has 4 rings (SSSR count). The maximum atomic E-state index is 12.9. The molecule has 8 heteroatoms. The number of piperidine rings is 1. The number of fused-ring (bicyclic) bond motifs is 1. The lowest BCUT2D eigenvalue weighted by atomic mass is 10.2. The largest absolute Gasteiger partial charge is 0.349 e. The Balaban J connectivity index is 1.54. The number of carbonyl (C=O) groups is 1. The van der Waals surface area contributed by atoms with Gasteiger partial charge in [-0.3, -0.25) is 4.79 Å². The van der Waals surface area contributed by atoms with E-state index in [1.54, 1.807) is 33.8 Å². The zero-order valence-corrected chi connectivity index (χ0v) is 18.0. The number of nitrogens with one attached hydrogen (secondary N) is 1. The smallest absolute Gasteiger partial charge is 0.243 e. The van der Waals surface area contributed by atoms with E-state index in [9.17, 15) is 13.2 Å². The maximum absolute atomic E-state index is 12.9. The van der Waals surface area contributed by atoms with Crippen LogP contribution in [0.1, 0.15) is 37.1 Å². The molecule has 3 aromatic rings. The molecule has 2 aromatic heterocycles. The lowest BCUT2D eigenvalue weighted by Gasteiger charge is -2.26. The summed E-state index contributed by atoms with van der Waals surface area (Å²) in [4.78, 5) is 14.0. The first-order chi connectivity index (χ1) is 14.0. The molecule has 6 nitrogen and oxygen atoms in total. The second-order valence-corrected chi connectivity index (χ2v) is 10.4. The third-order valence-electron chi connectivity index (χ3n) is 5.46. The van der Waals surface area contributed by atoms with Gasteiger partial charge in [0, 0.05) is 35.1 Å². The fourth-order valence-electron chi connectivity index (χ4n) is 3.76. The second-order valence-electron chi connectivity index (χ2n) is 7.38. The van der Waals surface area contributed by atoms with E-state index in [0.29, 0.717) is 24.5 Å². The Morgan fingerprint density at radius 3 is 2.69 bits per heavy atom. The predicted molar refractivity (Wildman–Crippen MR) is 115 cm³/mol. The van der Waals surface area contributed by atoms with Crippen LogP contribution in [0.2, 0.25) is 0 Å². The zero-order valence-electron chi connectivity index (χ0n) is 16.4. The highest BCUT2D eigenvalue weighted by atomic mass is 32.2. The molecule has 1 N–H and O–H groups in total. The fraction of sp³-hybridized carbons (Fsp3) is 0.381. The lowest BCUT2D eigenvalue weighted by Crippen LogP contribution is -2.35. The van der Waals surface area contributed by atoms with Crippen LogP contribution in [0.15, 0.2) is 52.9 Å². The lowest BCUT2D eigenvalue weighted by molar-refractivity contribution is -0.123. The first kappa shape index (κ1) is 20.1. The van der Waals surface area contributed by atoms with Crippen LogP contribution in [-0.4, -0.2) is 36.3 Å². The van der Waals surface area contributed by atoms with Gasteiger partial charge in [0.05, 0.1) is 11.4 Å². The summed E-state index contributed by atoms with van der Waals surface area (Å²) in [5, 5.41) is 5.77. The summed E-state index contributed by atoms with van der Waals surface area (Å²) in [6.45, 7) is 3.53. The van der Waals surface area contributed by atoms with Crippen molar-refractivity contribution in [2.24, 2.45) is 0 Å². The Morgan fingerprint density at radius 2 is 1.97 bits per heavy atom. The van der Waals surface area contributed by atoms with Crippen LogP contribution in [0, 0.1) is 0 Å². The first-order valence-electron chi connectivity index (χ1n) is 9.87. The van der Waals surface area contributed by atoms with Gasteiger partial charge < -0.3 is 9.88 Å². The van der Waals surface area contributed by atoms with Gasteiger partial charge in [0.2, 0.25) is 15.9 Å². The molecule has 1 fully saturated rings. The zero-order chi connectivity index (χ0) is 20.4. The number of amides is 1. The molecule has 29 heavy (non-hydrogen) atoms. The predicted octanol–water partition coefficient (Wildman–Crippen LogP) is 3.75. The van der Waals surface area contributed by atoms with Gasteiger partial charge in [-0.2, -0.15) is 4.31 Å². The summed E-state index contributed by atoms with van der Waals surface area (Å²) in [5.41, 5.74) is 0.848. The molecule has 1 aliphatic rings. The van der Waals surface area contributed by atoms with Crippen molar-refractivity contribution in [2.45, 2.75) is 43.7 Å². The van der Waals surface area contributed by atoms with Crippen LogP contribution in [-0.2, 0) is 21.4 Å². The molecule has 3 heterocycles. The average molecular weight is 432 g/mol. The van der Waals surface area contributed by atoms with Crippen LogP contribution in [0.5, 0.6) is 0 Å². The molecule has 0 unspecified atom stereocenters. The van der Waals surface area contributed by atoms with Crippen molar-refractivity contribution in [1.29, 1.82) is 0 Å². The molecule has 1 saturated heterocycles. The summed E-state index contributed by atoms with van der Waals surface area (Å²) in [5.74, 6) is -0.0686. The Labute approximate surface area is 175 Å². The van der Waals surface area contributed by atoms with Crippen LogP contribution in [0.25, 0.3) is 10.9 Å². The number of carbonyl (C=O) groups excluding carboxylic acids is 1. The number of hydrogen-bond acceptors (Lipinski definition) is 4. The van der Waals surface area contributed by atoms with E-state index in [2.05, 4.69) is 5.32 Å². The Bertz CT molecular complexity index is 1100. The fourth-order valence-corrected chi connectivity index (χ4v) is 5.95. The molecule has 0 spiro atoms. The summed E-state index contributed by atoms with van der Waals surface area (Å²) in [6, 6.07) is 10.6. The van der Waals surface area contributed by atoms with E-state index < -0.39 is 16.1 Å². The van der Waals surface area contributed by atoms with Gasteiger partial charge in [-0.05, 0) is 55.5 Å². The molecule has 0 aliphatic carbocycles. The van der Waals surface area contributed by atoms with Crippen LogP contribution >= 0.6 is 11.3 Å². The van der Waals surface area contributed by atoms with Crippen molar-refractivity contribution in [3.05, 3.63) is 52.9 Å². The van der Waals surface area contributed by atoms with Crippen molar-refractivity contribution < 1.29 is 13.2 Å². The SMILES string of the molecule is C[C@@H](C(=O)NCc1cccs1)n1ccc2cc(S(=O)(=O)N3CCCCC3)ccc21. The Hall–Kier alpha value is -2.16. The molecular weight excluding hydrogens is 406 g/mol. The van der Waals surface area contributed by atoms with Crippen molar-refractivity contribution in [2.75, 3.05) is 13.1 Å². The number of aromatic nitrogens is 1. The van der Waals surface area contributed by atoms with Crippen LogP contribution in [0.4, 0.5) is 0 Å². The quantitative estimate of drug-likeness (QED) is 0.646. The summed E-state index contributed by atoms with van der Waals surface area (Å²) < 4.78 is 29.3. The van der Waals surface area contributed by atoms with Gasteiger partial charge in [0.15, 0.2) is 0 Å². The molecule has 1 aromatic carbocycles. The molecule has 0 radical (unpaired) electrons. The van der Waals surface area contributed by atoms with E-state index in [1.165, 1.54) is 0 Å². The molecule has 1 atom stereocenters. The van der Waals surface area contributed by atoms with E-state index in [-0.39, 0.29) is 5.91 Å². The molecule has 0 saturated carbocycles. The normalized spacial score (nSPS) is 16.7. The van der Waals surface area contributed by atoms with Gasteiger partial charge >= 0.3 is 0 Å². The number of sulfonamides is 1. The third-order valence-corrected chi connectivity index (χ3v) is 8.23. The van der Waals surface area contributed by atoms with Crippen LogP contribution < -0.4 is 5.32 Å². The van der Waals surface area contributed by atoms with E-state index >= 15 is 0 Å². The highest BCUT2D eigenvalue weighted by molar-refractivity contribution is 7.89. The molecular formula is C21H25N3O3S2. The van der Waals surface area contributed by atoms with Gasteiger partial charge in [0.25, 0.3) is 0 Å². The molecule has 154 valence electrons. The number of rotatable bonds is 6. The van der Waals surface area contributed by atoms with Gasteiger partial charge in [0.1, 0.15) is 6.04 Å². The standard InChI is InChI=1S/C21H25N3O3S2/c1-16(21(25)22-15-18-6-5-13-28-18)24-12-9-17-14-19(7-8-20(17)24)29(26,27)23-10-3-2-4-11-23/h5-9,12-14,16H,2-4,10-11,15H2,1H3,(H,22,25)/t16-/m0/s1. The second kappa shape index (κ2) is 8.30.